The molecule has 2 nitrogen and oxygen atoms in total. The molecule has 0 unspecified atom stereocenters. The highest BCUT2D eigenvalue weighted by Gasteiger charge is 2.35. The van der Waals surface area contributed by atoms with Crippen LogP contribution in [0.4, 0.5) is 17.6 Å². The van der Waals surface area contributed by atoms with E-state index in [1.165, 1.54) is 0 Å². The molecule has 0 radical (unpaired) electrons. The van der Waals surface area contributed by atoms with Gasteiger partial charge >= 0.3 is 6.18 Å². The first-order valence-corrected chi connectivity index (χ1v) is 4.16. The van der Waals surface area contributed by atoms with Gasteiger partial charge in [-0.05, 0) is 23.7 Å². The molecule has 0 aromatic heterocycles. The van der Waals surface area contributed by atoms with Crippen molar-refractivity contribution in [2.45, 2.75) is 6.18 Å². The molecule has 16 heavy (non-hydrogen) atoms. The van der Waals surface area contributed by atoms with Gasteiger partial charge in [0.2, 0.25) is 0 Å². The van der Waals surface area contributed by atoms with E-state index < -0.39 is 33.9 Å². The molecule has 7 heteroatoms. The Bertz CT molecular complexity index is 490. The minimum atomic E-state index is -4.92. The van der Waals surface area contributed by atoms with Crippen LogP contribution in [0.3, 0.4) is 0 Å². The minimum Gasteiger partial charge on any atom is -0.276 e. The quantitative estimate of drug-likeness (QED) is 0.568. The Morgan fingerprint density at radius 1 is 1.38 bits per heavy atom. The van der Waals surface area contributed by atoms with Crippen molar-refractivity contribution in [1.29, 1.82) is 5.26 Å². The number of hydrogen-bond acceptors (Lipinski definition) is 2. The standard InChI is InChI=1S/C9H2ClF4NO/c10-8(16)4-1-6(9(12,13)14)5(3-15)7(11)2-4/h1-2H. The fraction of sp³-hybridized carbons (Fsp3) is 0.111. The summed E-state index contributed by atoms with van der Waals surface area (Å²) in [4.78, 5) is 10.6. The third kappa shape index (κ3) is 2.31. The second-order valence-corrected chi connectivity index (χ2v) is 3.11. The average molecular weight is 252 g/mol. The topological polar surface area (TPSA) is 40.9 Å². The maximum atomic E-state index is 13.1. The zero-order chi connectivity index (χ0) is 12.5. The molecular weight excluding hydrogens is 250 g/mol. The maximum Gasteiger partial charge on any atom is 0.417 e. The summed E-state index contributed by atoms with van der Waals surface area (Å²) in [5.74, 6) is -1.43. The summed E-state index contributed by atoms with van der Waals surface area (Å²) < 4.78 is 50.2. The number of nitriles is 1. The normalized spacial score (nSPS) is 11.0. The SMILES string of the molecule is N#Cc1c(F)cc(C(=O)Cl)cc1C(F)(F)F. The molecule has 0 atom stereocenters. The Hall–Kier alpha value is -1.61. The van der Waals surface area contributed by atoms with Gasteiger partial charge in [0.1, 0.15) is 11.9 Å². The summed E-state index contributed by atoms with van der Waals surface area (Å²) in [5, 5.41) is 7.16. The summed E-state index contributed by atoms with van der Waals surface area (Å²) >= 11 is 4.94. The van der Waals surface area contributed by atoms with Crippen LogP contribution in [0, 0.1) is 17.1 Å². The van der Waals surface area contributed by atoms with Gasteiger partial charge in [-0.15, -0.1) is 0 Å². The zero-order valence-electron chi connectivity index (χ0n) is 7.40. The molecule has 1 rings (SSSR count). The van der Waals surface area contributed by atoms with Crippen LogP contribution in [0.25, 0.3) is 0 Å². The minimum absolute atomic E-state index is 0.344. The van der Waals surface area contributed by atoms with Crippen LogP contribution in [0.1, 0.15) is 21.5 Å². The number of rotatable bonds is 1. The van der Waals surface area contributed by atoms with Crippen LogP contribution in [-0.2, 0) is 6.18 Å². The molecule has 0 heterocycles. The van der Waals surface area contributed by atoms with E-state index in [0.717, 1.165) is 6.07 Å². The summed E-state index contributed by atoms with van der Waals surface area (Å²) in [5.41, 5.74) is -3.32. The van der Waals surface area contributed by atoms with Crippen LogP contribution < -0.4 is 0 Å². The average Bonchev–Trinajstić information content (AvgIpc) is 2.14. The van der Waals surface area contributed by atoms with Gasteiger partial charge in [0.05, 0.1) is 11.1 Å². The Morgan fingerprint density at radius 3 is 2.31 bits per heavy atom. The second kappa shape index (κ2) is 4.10. The predicted molar refractivity (Wildman–Crippen MR) is 46.3 cm³/mol. The predicted octanol–water partition coefficient (Wildman–Crippen LogP) is 3.10. The highest BCUT2D eigenvalue weighted by atomic mass is 35.5. The highest BCUT2D eigenvalue weighted by Crippen LogP contribution is 2.33. The van der Waals surface area contributed by atoms with E-state index in [1.54, 1.807) is 0 Å². The van der Waals surface area contributed by atoms with E-state index in [4.69, 9.17) is 16.9 Å². The van der Waals surface area contributed by atoms with Gasteiger partial charge < -0.3 is 0 Å². The molecule has 84 valence electrons. The molecule has 0 aliphatic carbocycles. The lowest BCUT2D eigenvalue weighted by molar-refractivity contribution is -0.138. The van der Waals surface area contributed by atoms with E-state index >= 15 is 0 Å². The van der Waals surface area contributed by atoms with Gasteiger partial charge in [-0.2, -0.15) is 18.4 Å². The van der Waals surface area contributed by atoms with Crippen LogP contribution in [0.5, 0.6) is 0 Å². The number of carbonyl (C=O) groups is 1. The fourth-order valence-corrected chi connectivity index (χ4v) is 1.17. The Balaban J connectivity index is 3.57. The van der Waals surface area contributed by atoms with Crippen molar-refractivity contribution in [1.82, 2.24) is 0 Å². The largest absolute Gasteiger partial charge is 0.417 e. The molecule has 0 aliphatic rings. The molecule has 1 aromatic carbocycles. The van der Waals surface area contributed by atoms with Crippen molar-refractivity contribution in [2.24, 2.45) is 0 Å². The Kier molecular flexibility index (Phi) is 3.19. The zero-order valence-corrected chi connectivity index (χ0v) is 8.16. The van der Waals surface area contributed by atoms with Crippen LogP contribution >= 0.6 is 11.6 Å². The van der Waals surface area contributed by atoms with E-state index in [2.05, 4.69) is 0 Å². The number of hydrogen-bond donors (Lipinski definition) is 0. The lowest BCUT2D eigenvalue weighted by Crippen LogP contribution is -2.11. The molecule has 0 bridgehead atoms. The van der Waals surface area contributed by atoms with Crippen molar-refractivity contribution in [3.63, 3.8) is 0 Å². The third-order valence-corrected chi connectivity index (χ3v) is 1.95. The molecule has 0 saturated heterocycles. The van der Waals surface area contributed by atoms with Gasteiger partial charge in [-0.25, -0.2) is 4.39 Å². The lowest BCUT2D eigenvalue weighted by atomic mass is 10.0. The van der Waals surface area contributed by atoms with E-state index in [9.17, 15) is 22.4 Å². The lowest BCUT2D eigenvalue weighted by Gasteiger charge is -2.10. The number of carbonyl (C=O) groups excluding carboxylic acids is 1. The summed E-state index contributed by atoms with van der Waals surface area (Å²) in [6.07, 6.45) is -4.92. The number of alkyl halides is 3. The van der Waals surface area contributed by atoms with Crippen molar-refractivity contribution in [2.75, 3.05) is 0 Å². The van der Waals surface area contributed by atoms with Crippen molar-refractivity contribution in [3.05, 3.63) is 34.6 Å². The van der Waals surface area contributed by atoms with Crippen LogP contribution in [-0.4, -0.2) is 5.24 Å². The van der Waals surface area contributed by atoms with Crippen molar-refractivity contribution >= 4 is 16.8 Å². The molecular formula is C9H2ClF4NO. The smallest absolute Gasteiger partial charge is 0.276 e. The first-order chi connectivity index (χ1) is 7.27. The van der Waals surface area contributed by atoms with Gasteiger partial charge in [-0.1, -0.05) is 0 Å². The van der Waals surface area contributed by atoms with Crippen molar-refractivity contribution < 1.29 is 22.4 Å². The molecule has 0 saturated carbocycles. The molecule has 0 N–H and O–H groups in total. The highest BCUT2D eigenvalue weighted by molar-refractivity contribution is 6.67. The van der Waals surface area contributed by atoms with Gasteiger partial charge in [-0.3, -0.25) is 4.79 Å². The van der Waals surface area contributed by atoms with E-state index in [0.29, 0.717) is 12.1 Å². The molecule has 0 aliphatic heterocycles. The van der Waals surface area contributed by atoms with E-state index in [-0.39, 0.29) is 0 Å². The summed E-state index contributed by atoms with van der Waals surface area (Å²) in [7, 11) is 0. The summed E-state index contributed by atoms with van der Waals surface area (Å²) in [6, 6.07) is 1.92. The Labute approximate surface area is 92.0 Å². The fourth-order valence-electron chi connectivity index (χ4n) is 1.06. The molecule has 1 aromatic rings. The van der Waals surface area contributed by atoms with Gasteiger partial charge in [0.15, 0.2) is 0 Å². The molecule has 0 amide bonds. The number of nitrogens with zero attached hydrogens (tertiary/aromatic N) is 1. The molecule has 0 fully saturated rings. The first kappa shape index (κ1) is 12.5. The van der Waals surface area contributed by atoms with Crippen molar-refractivity contribution in [3.8, 4) is 6.07 Å². The Morgan fingerprint density at radius 2 is 1.94 bits per heavy atom. The second-order valence-electron chi connectivity index (χ2n) is 2.76. The van der Waals surface area contributed by atoms with Gasteiger partial charge in [0.25, 0.3) is 5.24 Å². The van der Waals surface area contributed by atoms with Crippen LogP contribution in [0.15, 0.2) is 12.1 Å². The summed E-state index contributed by atoms with van der Waals surface area (Å²) in [6.45, 7) is 0. The maximum absolute atomic E-state index is 13.1. The van der Waals surface area contributed by atoms with E-state index in [1.807, 2.05) is 0 Å². The molecule has 0 spiro atoms. The monoisotopic (exact) mass is 251 g/mol. The van der Waals surface area contributed by atoms with Gasteiger partial charge in [0, 0.05) is 5.56 Å². The first-order valence-electron chi connectivity index (χ1n) is 3.78. The number of benzene rings is 1. The number of halogens is 5. The van der Waals surface area contributed by atoms with Crippen LogP contribution in [0.2, 0.25) is 0 Å². The third-order valence-electron chi connectivity index (χ3n) is 1.73.